The smallest absolute Gasteiger partial charge is 0.0900 e. The van der Waals surface area contributed by atoms with Crippen molar-refractivity contribution in [1.29, 1.82) is 0 Å². The molecule has 0 saturated carbocycles. The van der Waals surface area contributed by atoms with Gasteiger partial charge in [-0.15, -0.1) is 11.3 Å². The first-order chi connectivity index (χ1) is 9.08. The predicted octanol–water partition coefficient (Wildman–Crippen LogP) is 3.51. The Hall–Kier alpha value is -1.13. The fraction of sp³-hybridized carbons (Fsp3) is 0.533. The van der Waals surface area contributed by atoms with Crippen molar-refractivity contribution >= 4 is 11.3 Å². The molecule has 2 N–H and O–H groups in total. The zero-order chi connectivity index (χ0) is 13.6. The maximum absolute atomic E-state index is 6.21. The number of aryl methyl sites for hydroxylation is 2. The van der Waals surface area contributed by atoms with Gasteiger partial charge in [0.05, 0.1) is 21.6 Å². The number of hydrogen-bond acceptors (Lipinski definition) is 3. The number of aromatic nitrogens is 2. The molecule has 0 bridgehead atoms. The Labute approximate surface area is 118 Å². The summed E-state index contributed by atoms with van der Waals surface area (Å²) in [5, 5.41) is 1.15. The molecule has 4 heteroatoms. The topological polar surface area (TPSA) is 43.8 Å². The van der Waals surface area contributed by atoms with Crippen LogP contribution in [0, 0.1) is 13.8 Å². The molecule has 0 fully saturated rings. The molecule has 19 heavy (non-hydrogen) atoms. The molecule has 2 heterocycles. The van der Waals surface area contributed by atoms with Crippen LogP contribution in [0.3, 0.4) is 0 Å². The lowest BCUT2D eigenvalue weighted by Gasteiger charge is -2.23. The molecule has 1 aliphatic carbocycles. The zero-order valence-electron chi connectivity index (χ0n) is 11.8. The molecule has 0 spiro atoms. The first-order valence-corrected chi connectivity index (χ1v) is 7.78. The molecule has 0 aromatic carbocycles. The highest BCUT2D eigenvalue weighted by Gasteiger charge is 2.23. The summed E-state index contributed by atoms with van der Waals surface area (Å²) in [5.41, 5.74) is 10.1. The molecule has 2 aromatic rings. The lowest BCUT2D eigenvalue weighted by atomic mass is 9.93. The highest BCUT2D eigenvalue weighted by Crippen LogP contribution is 2.34. The van der Waals surface area contributed by atoms with Crippen molar-refractivity contribution < 1.29 is 0 Å². The van der Waals surface area contributed by atoms with E-state index >= 15 is 0 Å². The molecule has 0 aliphatic heterocycles. The summed E-state index contributed by atoms with van der Waals surface area (Å²) in [4.78, 5) is 5.92. The third-order valence-electron chi connectivity index (χ3n) is 4.12. The summed E-state index contributed by atoms with van der Waals surface area (Å²) < 4.78 is 2.40. The highest BCUT2D eigenvalue weighted by molar-refractivity contribution is 7.11. The van der Waals surface area contributed by atoms with Gasteiger partial charge in [-0.1, -0.05) is 0 Å². The van der Waals surface area contributed by atoms with Crippen molar-refractivity contribution in [3.63, 3.8) is 0 Å². The maximum Gasteiger partial charge on any atom is 0.0900 e. The van der Waals surface area contributed by atoms with E-state index < -0.39 is 0 Å². The molecule has 0 radical (unpaired) electrons. The molecule has 102 valence electrons. The van der Waals surface area contributed by atoms with Gasteiger partial charge in [0.15, 0.2) is 0 Å². The third kappa shape index (κ3) is 2.13. The van der Waals surface area contributed by atoms with Crippen molar-refractivity contribution in [2.24, 2.45) is 5.73 Å². The van der Waals surface area contributed by atoms with Gasteiger partial charge in [0.25, 0.3) is 0 Å². The van der Waals surface area contributed by atoms with Crippen LogP contribution in [0.1, 0.15) is 58.7 Å². The molecule has 2 unspecified atom stereocenters. The van der Waals surface area contributed by atoms with E-state index in [1.807, 2.05) is 11.3 Å². The Morgan fingerprint density at radius 3 is 2.95 bits per heavy atom. The largest absolute Gasteiger partial charge is 0.343 e. The summed E-state index contributed by atoms with van der Waals surface area (Å²) in [6, 6.07) is 2.79. The Kier molecular flexibility index (Phi) is 3.23. The van der Waals surface area contributed by atoms with Crippen LogP contribution in [0.5, 0.6) is 0 Å². The maximum atomic E-state index is 6.21. The van der Waals surface area contributed by atoms with E-state index in [4.69, 9.17) is 5.73 Å². The van der Waals surface area contributed by atoms with Crippen LogP contribution in [0.25, 0.3) is 0 Å². The Bertz CT molecular complexity index is 597. The van der Waals surface area contributed by atoms with Crippen LogP contribution in [0.15, 0.2) is 12.3 Å². The van der Waals surface area contributed by atoms with Crippen molar-refractivity contribution in [2.75, 3.05) is 0 Å². The Morgan fingerprint density at radius 1 is 1.47 bits per heavy atom. The highest BCUT2D eigenvalue weighted by atomic mass is 32.1. The monoisotopic (exact) mass is 275 g/mol. The van der Waals surface area contributed by atoms with E-state index in [2.05, 4.69) is 42.6 Å². The molecule has 0 saturated heterocycles. The molecule has 2 atom stereocenters. The molecule has 0 amide bonds. The van der Waals surface area contributed by atoms with Gasteiger partial charge < -0.3 is 10.3 Å². The van der Waals surface area contributed by atoms with Crippen molar-refractivity contribution in [2.45, 2.75) is 52.1 Å². The summed E-state index contributed by atoms with van der Waals surface area (Å²) >= 11 is 1.81. The summed E-state index contributed by atoms with van der Waals surface area (Å²) in [6.45, 7) is 6.45. The lowest BCUT2D eigenvalue weighted by Crippen LogP contribution is -2.19. The summed E-state index contributed by atoms with van der Waals surface area (Å²) in [7, 11) is 0. The number of nitrogens with zero attached hydrogens (tertiary/aromatic N) is 2. The minimum absolute atomic E-state index is 0.224. The van der Waals surface area contributed by atoms with E-state index in [0.717, 1.165) is 23.5 Å². The van der Waals surface area contributed by atoms with Gasteiger partial charge in [-0.05, 0) is 51.7 Å². The average molecular weight is 275 g/mol. The predicted molar refractivity (Wildman–Crippen MR) is 79.7 cm³/mol. The van der Waals surface area contributed by atoms with Gasteiger partial charge in [0.2, 0.25) is 0 Å². The number of hydrogen-bond donors (Lipinski definition) is 1. The molecular formula is C15H21N3S. The van der Waals surface area contributed by atoms with E-state index in [1.165, 1.54) is 22.6 Å². The van der Waals surface area contributed by atoms with Crippen molar-refractivity contribution in [1.82, 2.24) is 9.55 Å². The minimum atomic E-state index is 0.224. The molecular weight excluding hydrogens is 254 g/mol. The van der Waals surface area contributed by atoms with Crippen LogP contribution in [-0.4, -0.2) is 9.55 Å². The lowest BCUT2D eigenvalue weighted by molar-refractivity contribution is 0.527. The molecule has 1 aliphatic rings. The van der Waals surface area contributed by atoms with Crippen LogP contribution in [0.2, 0.25) is 0 Å². The number of thiazole rings is 1. The van der Waals surface area contributed by atoms with Crippen molar-refractivity contribution in [3.05, 3.63) is 39.1 Å². The SMILES string of the molecule is Cc1nc(C)c(C(C)n2ccc3c2CCCC3N)s1. The number of rotatable bonds is 2. The molecule has 3 rings (SSSR count). The van der Waals surface area contributed by atoms with Gasteiger partial charge in [0, 0.05) is 17.9 Å². The van der Waals surface area contributed by atoms with Gasteiger partial charge in [0.1, 0.15) is 0 Å². The number of fused-ring (bicyclic) bond motifs is 1. The summed E-state index contributed by atoms with van der Waals surface area (Å²) in [6.07, 6.45) is 5.67. The fourth-order valence-electron chi connectivity index (χ4n) is 3.18. The van der Waals surface area contributed by atoms with Crippen LogP contribution in [0.4, 0.5) is 0 Å². The Morgan fingerprint density at radius 2 is 2.26 bits per heavy atom. The Balaban J connectivity index is 2.01. The standard InChI is InChI=1S/C15H21N3S/c1-9-15(19-11(3)17-9)10(2)18-8-7-12-13(16)5-4-6-14(12)18/h7-8,10,13H,4-6,16H2,1-3H3. The van der Waals surface area contributed by atoms with E-state index in [9.17, 15) is 0 Å². The van der Waals surface area contributed by atoms with Crippen LogP contribution in [-0.2, 0) is 6.42 Å². The minimum Gasteiger partial charge on any atom is -0.343 e. The fourth-order valence-corrected chi connectivity index (χ4v) is 4.15. The molecule has 3 nitrogen and oxygen atoms in total. The molecule has 2 aromatic heterocycles. The second-order valence-corrected chi connectivity index (χ2v) is 6.72. The van der Waals surface area contributed by atoms with Gasteiger partial charge >= 0.3 is 0 Å². The second-order valence-electron chi connectivity index (χ2n) is 5.48. The number of nitrogens with two attached hydrogens (primary N) is 1. The van der Waals surface area contributed by atoms with E-state index in [0.29, 0.717) is 6.04 Å². The quantitative estimate of drug-likeness (QED) is 0.911. The summed E-state index contributed by atoms with van der Waals surface area (Å²) in [5.74, 6) is 0. The average Bonchev–Trinajstić information content (AvgIpc) is 2.93. The van der Waals surface area contributed by atoms with Crippen LogP contribution < -0.4 is 5.73 Å². The van der Waals surface area contributed by atoms with Gasteiger partial charge in [-0.25, -0.2) is 4.98 Å². The van der Waals surface area contributed by atoms with E-state index in [-0.39, 0.29) is 6.04 Å². The van der Waals surface area contributed by atoms with E-state index in [1.54, 1.807) is 0 Å². The first-order valence-electron chi connectivity index (χ1n) is 6.97. The van der Waals surface area contributed by atoms with Gasteiger partial charge in [-0.2, -0.15) is 0 Å². The normalized spacial score (nSPS) is 20.3. The van der Waals surface area contributed by atoms with Crippen molar-refractivity contribution in [3.8, 4) is 0 Å². The second kappa shape index (κ2) is 4.76. The first kappa shape index (κ1) is 12.9. The van der Waals surface area contributed by atoms with Gasteiger partial charge in [-0.3, -0.25) is 0 Å². The third-order valence-corrected chi connectivity index (χ3v) is 5.37. The zero-order valence-corrected chi connectivity index (χ0v) is 12.6. The van der Waals surface area contributed by atoms with Crippen LogP contribution >= 0.6 is 11.3 Å².